The third-order valence-corrected chi connectivity index (χ3v) is 5.65. The predicted molar refractivity (Wildman–Crippen MR) is 87.1 cm³/mol. The van der Waals surface area contributed by atoms with Gasteiger partial charge in [-0.15, -0.1) is 0 Å². The maximum atomic E-state index is 13.6. The summed E-state index contributed by atoms with van der Waals surface area (Å²) in [4.78, 5) is -0.0114. The molecule has 0 unspecified atom stereocenters. The molecule has 2 aromatic carbocycles. The van der Waals surface area contributed by atoms with Crippen molar-refractivity contribution in [3.63, 3.8) is 0 Å². The molecule has 0 aromatic heterocycles. The summed E-state index contributed by atoms with van der Waals surface area (Å²) in [6, 6.07) is 7.07. The second-order valence-corrected chi connectivity index (χ2v) is 7.50. The maximum absolute atomic E-state index is 13.6. The summed E-state index contributed by atoms with van der Waals surface area (Å²) < 4.78 is 52.2. The molecule has 0 aliphatic carbocycles. The van der Waals surface area contributed by atoms with E-state index in [-0.39, 0.29) is 10.6 Å². The van der Waals surface area contributed by atoms with E-state index in [0.29, 0.717) is 34.7 Å². The molecule has 1 aliphatic heterocycles. The van der Waals surface area contributed by atoms with E-state index in [9.17, 15) is 12.8 Å². The Balaban J connectivity index is 1.97. The molecule has 2 aromatic rings. The van der Waals surface area contributed by atoms with Gasteiger partial charge in [-0.3, -0.25) is 4.72 Å². The van der Waals surface area contributed by atoms with Crippen molar-refractivity contribution >= 4 is 31.6 Å². The molecule has 0 atom stereocenters. The van der Waals surface area contributed by atoms with Crippen LogP contribution in [0.25, 0.3) is 0 Å². The van der Waals surface area contributed by atoms with Crippen LogP contribution in [-0.4, -0.2) is 21.6 Å². The van der Waals surface area contributed by atoms with E-state index in [2.05, 4.69) is 20.7 Å². The minimum absolute atomic E-state index is 0.0114. The lowest BCUT2D eigenvalue weighted by Crippen LogP contribution is -2.18. The summed E-state index contributed by atoms with van der Waals surface area (Å²) in [6.07, 6.45) is 0. The number of fused-ring (bicyclic) bond motifs is 1. The van der Waals surface area contributed by atoms with Crippen molar-refractivity contribution in [1.82, 2.24) is 0 Å². The highest BCUT2D eigenvalue weighted by Gasteiger charge is 2.23. The number of ether oxygens (including phenoxy) is 2. The van der Waals surface area contributed by atoms with Gasteiger partial charge in [0.1, 0.15) is 23.9 Å². The van der Waals surface area contributed by atoms with Crippen molar-refractivity contribution in [2.45, 2.75) is 11.8 Å². The second kappa shape index (κ2) is 6.01. The lowest BCUT2D eigenvalue weighted by Gasteiger charge is -2.20. The van der Waals surface area contributed by atoms with E-state index in [0.717, 1.165) is 6.07 Å². The van der Waals surface area contributed by atoms with Gasteiger partial charge in [-0.05, 0) is 46.6 Å². The van der Waals surface area contributed by atoms with Crippen LogP contribution in [0.15, 0.2) is 39.7 Å². The lowest BCUT2D eigenvalue weighted by molar-refractivity contribution is 0.171. The van der Waals surface area contributed by atoms with Gasteiger partial charge >= 0.3 is 0 Å². The first-order chi connectivity index (χ1) is 10.9. The topological polar surface area (TPSA) is 64.6 Å². The number of benzene rings is 2. The summed E-state index contributed by atoms with van der Waals surface area (Å²) in [7, 11) is -3.91. The van der Waals surface area contributed by atoms with Crippen LogP contribution < -0.4 is 14.2 Å². The molecule has 0 radical (unpaired) electrons. The third-order valence-electron chi connectivity index (χ3n) is 3.31. The third kappa shape index (κ3) is 3.28. The standard InChI is InChI=1S/C15H13BrFNO4S/c1-9-2-3-10(6-12(9)17)18-23(19,20)15-8-14-13(7-11(15)16)21-4-5-22-14/h2-3,6-8,18H,4-5H2,1H3. The number of hydrogen-bond acceptors (Lipinski definition) is 4. The van der Waals surface area contributed by atoms with E-state index in [4.69, 9.17) is 9.47 Å². The van der Waals surface area contributed by atoms with Crippen LogP contribution in [0.5, 0.6) is 11.5 Å². The molecule has 1 N–H and O–H groups in total. The van der Waals surface area contributed by atoms with Crippen molar-refractivity contribution in [2.75, 3.05) is 17.9 Å². The number of nitrogens with one attached hydrogen (secondary N) is 1. The van der Waals surface area contributed by atoms with Gasteiger partial charge in [-0.1, -0.05) is 6.07 Å². The van der Waals surface area contributed by atoms with Gasteiger partial charge in [-0.2, -0.15) is 0 Å². The van der Waals surface area contributed by atoms with Crippen LogP contribution in [0.2, 0.25) is 0 Å². The highest BCUT2D eigenvalue weighted by atomic mass is 79.9. The SMILES string of the molecule is Cc1ccc(NS(=O)(=O)c2cc3c(cc2Br)OCCO3)cc1F. The molecule has 0 spiro atoms. The average Bonchev–Trinajstić information content (AvgIpc) is 2.50. The largest absolute Gasteiger partial charge is 0.486 e. The summed E-state index contributed by atoms with van der Waals surface area (Å²) in [6.45, 7) is 2.36. The molecule has 0 saturated carbocycles. The molecular formula is C15H13BrFNO4S. The fraction of sp³-hybridized carbons (Fsp3) is 0.200. The zero-order valence-corrected chi connectivity index (χ0v) is 14.5. The van der Waals surface area contributed by atoms with Crippen LogP contribution in [0, 0.1) is 12.7 Å². The van der Waals surface area contributed by atoms with Crippen LogP contribution in [0.3, 0.4) is 0 Å². The highest BCUT2D eigenvalue weighted by molar-refractivity contribution is 9.10. The molecule has 23 heavy (non-hydrogen) atoms. The predicted octanol–water partition coefficient (Wildman–Crippen LogP) is 3.47. The molecule has 122 valence electrons. The Morgan fingerprint density at radius 2 is 1.78 bits per heavy atom. The molecule has 8 heteroatoms. The minimum atomic E-state index is -3.91. The first-order valence-corrected chi connectivity index (χ1v) is 9.02. The smallest absolute Gasteiger partial charge is 0.263 e. The molecule has 1 heterocycles. The van der Waals surface area contributed by atoms with Gasteiger partial charge < -0.3 is 9.47 Å². The summed E-state index contributed by atoms with van der Waals surface area (Å²) >= 11 is 3.22. The molecule has 1 aliphatic rings. The van der Waals surface area contributed by atoms with Gasteiger partial charge in [0.15, 0.2) is 11.5 Å². The second-order valence-electron chi connectivity index (χ2n) is 5.00. The number of rotatable bonds is 3. The zero-order chi connectivity index (χ0) is 16.6. The van der Waals surface area contributed by atoms with Gasteiger partial charge in [-0.25, -0.2) is 12.8 Å². The van der Waals surface area contributed by atoms with Crippen LogP contribution in [0.1, 0.15) is 5.56 Å². The first-order valence-electron chi connectivity index (χ1n) is 6.75. The maximum Gasteiger partial charge on any atom is 0.263 e. The Morgan fingerprint density at radius 1 is 1.13 bits per heavy atom. The quantitative estimate of drug-likeness (QED) is 0.854. The van der Waals surface area contributed by atoms with Gasteiger partial charge in [0, 0.05) is 10.5 Å². The first kappa shape index (κ1) is 16.1. The molecule has 0 amide bonds. The Bertz CT molecular complexity index is 870. The Morgan fingerprint density at radius 3 is 2.43 bits per heavy atom. The van der Waals surface area contributed by atoms with Crippen molar-refractivity contribution in [1.29, 1.82) is 0 Å². The van der Waals surface area contributed by atoms with Crippen molar-refractivity contribution in [3.05, 3.63) is 46.2 Å². The molecule has 0 saturated heterocycles. The number of hydrogen-bond donors (Lipinski definition) is 1. The molecular weight excluding hydrogens is 389 g/mol. The molecule has 0 fully saturated rings. The fourth-order valence-corrected chi connectivity index (χ4v) is 4.20. The summed E-state index contributed by atoms with van der Waals surface area (Å²) in [5, 5.41) is 0. The summed E-state index contributed by atoms with van der Waals surface area (Å²) in [5.41, 5.74) is 0.586. The minimum Gasteiger partial charge on any atom is -0.486 e. The monoisotopic (exact) mass is 401 g/mol. The summed E-state index contributed by atoms with van der Waals surface area (Å²) in [5.74, 6) is 0.352. The molecule has 3 rings (SSSR count). The Hall–Kier alpha value is -1.80. The zero-order valence-electron chi connectivity index (χ0n) is 12.1. The number of anilines is 1. The normalized spacial score (nSPS) is 13.7. The van der Waals surface area contributed by atoms with Gasteiger partial charge in [0.05, 0.1) is 5.69 Å². The van der Waals surface area contributed by atoms with Crippen LogP contribution in [0.4, 0.5) is 10.1 Å². The number of sulfonamides is 1. The van der Waals surface area contributed by atoms with Crippen LogP contribution >= 0.6 is 15.9 Å². The Labute approximate surface area is 141 Å². The van der Waals surface area contributed by atoms with Gasteiger partial charge in [0.2, 0.25) is 0 Å². The molecule has 0 bridgehead atoms. The van der Waals surface area contributed by atoms with E-state index in [1.54, 1.807) is 13.0 Å². The van der Waals surface area contributed by atoms with Crippen molar-refractivity contribution in [2.24, 2.45) is 0 Å². The number of halogens is 2. The number of aryl methyl sites for hydroxylation is 1. The lowest BCUT2D eigenvalue weighted by atomic mass is 10.2. The van der Waals surface area contributed by atoms with E-state index >= 15 is 0 Å². The Kier molecular flexibility index (Phi) is 4.20. The highest BCUT2D eigenvalue weighted by Crippen LogP contribution is 2.38. The van der Waals surface area contributed by atoms with E-state index in [1.807, 2.05) is 0 Å². The van der Waals surface area contributed by atoms with Crippen molar-refractivity contribution < 1.29 is 22.3 Å². The average molecular weight is 402 g/mol. The van der Waals surface area contributed by atoms with Crippen molar-refractivity contribution in [3.8, 4) is 11.5 Å². The van der Waals surface area contributed by atoms with E-state index in [1.165, 1.54) is 18.2 Å². The van der Waals surface area contributed by atoms with Crippen LogP contribution in [-0.2, 0) is 10.0 Å². The molecule has 5 nitrogen and oxygen atoms in total. The van der Waals surface area contributed by atoms with E-state index < -0.39 is 15.8 Å². The van der Waals surface area contributed by atoms with Gasteiger partial charge in [0.25, 0.3) is 10.0 Å². The fourth-order valence-electron chi connectivity index (χ4n) is 2.12.